The van der Waals surface area contributed by atoms with Crippen molar-refractivity contribution in [3.63, 3.8) is 0 Å². The summed E-state index contributed by atoms with van der Waals surface area (Å²) in [7, 11) is 0. The summed E-state index contributed by atoms with van der Waals surface area (Å²) in [5.74, 6) is 1.35. The first-order chi connectivity index (χ1) is 16.8. The third-order valence-electron chi connectivity index (χ3n) is 7.50. The van der Waals surface area contributed by atoms with Crippen LogP contribution in [0, 0.1) is 11.8 Å². The van der Waals surface area contributed by atoms with Crippen LogP contribution >= 0.6 is 11.3 Å². The van der Waals surface area contributed by atoms with Gasteiger partial charge in [-0.1, -0.05) is 12.8 Å². The van der Waals surface area contributed by atoms with Gasteiger partial charge < -0.3 is 0 Å². The van der Waals surface area contributed by atoms with Gasteiger partial charge in [0.2, 0.25) is 0 Å². The average molecular weight is 505 g/mol. The molecule has 1 aliphatic heterocycles. The Balaban J connectivity index is 1.05. The Morgan fingerprint density at radius 1 is 1.14 bits per heavy atom. The predicted octanol–water partition coefficient (Wildman–Crippen LogP) is 6.11. The van der Waals surface area contributed by atoms with Crippen molar-refractivity contribution in [2.45, 2.75) is 70.5 Å². The number of hydrogen-bond acceptors (Lipinski definition) is 5. The number of alkyl halides is 3. The van der Waals surface area contributed by atoms with Crippen LogP contribution in [-0.2, 0) is 19.4 Å². The zero-order valence-corrected chi connectivity index (χ0v) is 20.6. The van der Waals surface area contributed by atoms with E-state index in [0.717, 1.165) is 79.8 Å². The van der Waals surface area contributed by atoms with Gasteiger partial charge in [0.15, 0.2) is 5.78 Å². The molecule has 5 rings (SSSR count). The summed E-state index contributed by atoms with van der Waals surface area (Å²) in [5, 5.41) is 4.86. The van der Waals surface area contributed by atoms with Crippen LogP contribution in [0.2, 0.25) is 0 Å². The molecule has 1 saturated carbocycles. The van der Waals surface area contributed by atoms with Gasteiger partial charge in [-0.05, 0) is 62.3 Å². The first-order valence-corrected chi connectivity index (χ1v) is 13.4. The maximum atomic E-state index is 12.9. The Bertz CT molecular complexity index is 1160. The maximum Gasteiger partial charge on any atom is 0.389 e. The van der Waals surface area contributed by atoms with Crippen molar-refractivity contribution in [3.8, 4) is 0 Å². The number of thiazole rings is 1. The molecule has 0 amide bonds. The Hall–Kier alpha value is -2.26. The number of hydrogen-bond donors (Lipinski definition) is 0. The lowest BCUT2D eigenvalue weighted by Crippen LogP contribution is -2.32. The van der Waals surface area contributed by atoms with Crippen LogP contribution in [0.1, 0.15) is 70.9 Å². The standard InChI is InChI=1S/C26H31F3N4OS/c27-26(28,29)11-7-25-31-21-17-32(14-10-24(21)35-25)13-8-18-3-5-19(6-4-18)16-23(34)20-9-15-33-22(20)2-1-12-30-33/h1-2,9,12,15,18-19H,3-8,10-11,13-14,16-17H2. The molecule has 188 valence electrons. The smallest absolute Gasteiger partial charge is 0.297 e. The van der Waals surface area contributed by atoms with E-state index in [1.165, 1.54) is 11.3 Å². The summed E-state index contributed by atoms with van der Waals surface area (Å²) in [4.78, 5) is 21.0. The number of halogens is 3. The molecule has 4 heterocycles. The highest BCUT2D eigenvalue weighted by Gasteiger charge is 2.29. The van der Waals surface area contributed by atoms with E-state index in [1.54, 1.807) is 10.7 Å². The molecule has 0 saturated heterocycles. The fourth-order valence-electron chi connectivity index (χ4n) is 5.50. The van der Waals surface area contributed by atoms with E-state index in [1.807, 2.05) is 24.4 Å². The monoisotopic (exact) mass is 504 g/mol. The lowest BCUT2D eigenvalue weighted by atomic mass is 9.78. The summed E-state index contributed by atoms with van der Waals surface area (Å²) in [6.07, 6.45) is 5.78. The van der Waals surface area contributed by atoms with Crippen LogP contribution in [0.4, 0.5) is 13.2 Å². The Morgan fingerprint density at radius 3 is 2.74 bits per heavy atom. The summed E-state index contributed by atoms with van der Waals surface area (Å²) in [5.41, 5.74) is 2.63. The van der Waals surface area contributed by atoms with Crippen molar-refractivity contribution in [2.24, 2.45) is 11.8 Å². The Labute approximate surface area is 207 Å². The molecule has 3 aromatic heterocycles. The van der Waals surface area contributed by atoms with Gasteiger partial charge in [0.1, 0.15) is 0 Å². The van der Waals surface area contributed by atoms with Gasteiger partial charge >= 0.3 is 6.18 Å². The molecular formula is C26H31F3N4OS. The molecular weight excluding hydrogens is 473 g/mol. The quantitative estimate of drug-likeness (QED) is 0.347. The number of Topliss-reactive ketones (excluding diaryl/α,β-unsaturated/α-hetero) is 1. The topological polar surface area (TPSA) is 50.5 Å². The van der Waals surface area contributed by atoms with Crippen molar-refractivity contribution in [2.75, 3.05) is 13.1 Å². The van der Waals surface area contributed by atoms with Crippen LogP contribution in [0.3, 0.4) is 0 Å². The molecule has 0 unspecified atom stereocenters. The summed E-state index contributed by atoms with van der Waals surface area (Å²) in [6, 6.07) is 5.68. The zero-order valence-electron chi connectivity index (χ0n) is 19.8. The highest BCUT2D eigenvalue weighted by molar-refractivity contribution is 7.11. The van der Waals surface area contributed by atoms with Crippen LogP contribution in [0.15, 0.2) is 30.6 Å². The molecule has 0 bridgehead atoms. The van der Waals surface area contributed by atoms with Gasteiger partial charge in [-0.25, -0.2) is 9.50 Å². The van der Waals surface area contributed by atoms with Crippen LogP contribution in [0.25, 0.3) is 5.52 Å². The van der Waals surface area contributed by atoms with E-state index >= 15 is 0 Å². The van der Waals surface area contributed by atoms with Gasteiger partial charge in [0, 0.05) is 55.2 Å². The minimum Gasteiger partial charge on any atom is -0.297 e. The number of rotatable bonds is 8. The number of nitrogens with zero attached hydrogens (tertiary/aromatic N) is 4. The first-order valence-electron chi connectivity index (χ1n) is 12.6. The van der Waals surface area contributed by atoms with Gasteiger partial charge in [0.25, 0.3) is 0 Å². The fourth-order valence-corrected chi connectivity index (χ4v) is 6.56. The number of aromatic nitrogens is 3. The van der Waals surface area contributed by atoms with Crippen molar-refractivity contribution in [1.29, 1.82) is 0 Å². The van der Waals surface area contributed by atoms with Gasteiger partial charge in [-0.2, -0.15) is 18.3 Å². The largest absolute Gasteiger partial charge is 0.389 e. The molecule has 1 fully saturated rings. The van der Waals surface area contributed by atoms with Gasteiger partial charge in [-0.3, -0.25) is 9.69 Å². The lowest BCUT2D eigenvalue weighted by Gasteiger charge is -2.31. The molecule has 0 aromatic carbocycles. The van der Waals surface area contributed by atoms with Crippen LogP contribution < -0.4 is 0 Å². The molecule has 0 spiro atoms. The molecule has 2 aliphatic rings. The maximum absolute atomic E-state index is 12.9. The van der Waals surface area contributed by atoms with E-state index in [2.05, 4.69) is 15.0 Å². The van der Waals surface area contributed by atoms with E-state index < -0.39 is 12.6 Å². The molecule has 3 aromatic rings. The first kappa shape index (κ1) is 24.4. The summed E-state index contributed by atoms with van der Waals surface area (Å²) >= 11 is 1.46. The average Bonchev–Trinajstić information content (AvgIpc) is 3.45. The molecule has 9 heteroatoms. The minimum absolute atomic E-state index is 0.00924. The van der Waals surface area contributed by atoms with E-state index in [-0.39, 0.29) is 12.2 Å². The van der Waals surface area contributed by atoms with Crippen LogP contribution in [-0.4, -0.2) is 44.5 Å². The van der Waals surface area contributed by atoms with Crippen molar-refractivity contribution in [3.05, 3.63) is 51.7 Å². The molecule has 35 heavy (non-hydrogen) atoms. The van der Waals surface area contributed by atoms with Crippen molar-refractivity contribution < 1.29 is 18.0 Å². The molecule has 0 radical (unpaired) electrons. The van der Waals surface area contributed by atoms with E-state index in [0.29, 0.717) is 23.3 Å². The fraction of sp³-hybridized carbons (Fsp3) is 0.577. The number of carbonyl (C=O) groups is 1. The molecule has 0 atom stereocenters. The number of aryl methyl sites for hydroxylation is 1. The van der Waals surface area contributed by atoms with Gasteiger partial charge in [0.05, 0.1) is 16.2 Å². The van der Waals surface area contributed by atoms with Crippen LogP contribution in [0.5, 0.6) is 0 Å². The third-order valence-corrected chi connectivity index (χ3v) is 8.72. The normalized spacial score (nSPS) is 21.3. The second kappa shape index (κ2) is 10.4. The summed E-state index contributed by atoms with van der Waals surface area (Å²) < 4.78 is 39.3. The second-order valence-corrected chi connectivity index (χ2v) is 11.2. The molecule has 1 aliphatic carbocycles. The molecule has 5 nitrogen and oxygen atoms in total. The SMILES string of the molecule is O=C(CC1CCC(CCN2CCc3sc(CCC(F)(F)F)nc3C2)CC1)c1ccn2ncccc12. The third kappa shape index (κ3) is 6.12. The number of fused-ring (bicyclic) bond motifs is 2. The summed E-state index contributed by atoms with van der Waals surface area (Å²) in [6.45, 7) is 2.72. The van der Waals surface area contributed by atoms with E-state index in [9.17, 15) is 18.0 Å². The lowest BCUT2D eigenvalue weighted by molar-refractivity contribution is -0.134. The van der Waals surface area contributed by atoms with Crippen molar-refractivity contribution in [1.82, 2.24) is 19.5 Å². The second-order valence-electron chi connectivity index (χ2n) is 10.0. The highest BCUT2D eigenvalue weighted by atomic mass is 32.1. The highest BCUT2D eigenvalue weighted by Crippen LogP contribution is 2.34. The van der Waals surface area contributed by atoms with Crippen molar-refractivity contribution >= 4 is 22.6 Å². The predicted molar refractivity (Wildman–Crippen MR) is 130 cm³/mol. The van der Waals surface area contributed by atoms with E-state index in [4.69, 9.17) is 0 Å². The number of carbonyl (C=O) groups excluding carboxylic acids is 1. The zero-order chi connectivity index (χ0) is 24.4. The minimum atomic E-state index is -4.13. The number of ketones is 1. The Kier molecular flexibility index (Phi) is 7.25. The molecule has 0 N–H and O–H groups in total. The van der Waals surface area contributed by atoms with Gasteiger partial charge in [-0.15, -0.1) is 11.3 Å². The Morgan fingerprint density at radius 2 is 1.94 bits per heavy atom.